The molecule has 2 aromatic rings. The molecule has 17 heavy (non-hydrogen) atoms. The number of rotatable bonds is 3. The molecule has 0 aliphatic rings. The van der Waals surface area contributed by atoms with Crippen LogP contribution in [-0.4, -0.2) is 20.5 Å². The van der Waals surface area contributed by atoms with Crippen molar-refractivity contribution < 1.29 is 5.21 Å². The van der Waals surface area contributed by atoms with Crippen molar-refractivity contribution in [2.75, 3.05) is 0 Å². The van der Waals surface area contributed by atoms with Crippen molar-refractivity contribution in [3.8, 4) is 0 Å². The molecule has 0 fully saturated rings. The lowest BCUT2D eigenvalue weighted by Gasteiger charge is -2.05. The smallest absolute Gasteiger partial charge is 0.109 e. The maximum Gasteiger partial charge on any atom is 0.109 e. The number of aromatic nitrogens is 2. The highest BCUT2D eigenvalue weighted by atomic mass is 35.5. The first-order chi connectivity index (χ1) is 8.20. The summed E-state index contributed by atoms with van der Waals surface area (Å²) in [4.78, 5) is 4.00. The molecule has 1 aromatic carbocycles. The van der Waals surface area contributed by atoms with Gasteiger partial charge in [-0.05, 0) is 17.7 Å². The Balaban J connectivity index is 2.22. The Morgan fingerprint density at radius 2 is 2.12 bits per heavy atom. The van der Waals surface area contributed by atoms with Crippen LogP contribution in [0.1, 0.15) is 11.3 Å². The van der Waals surface area contributed by atoms with Crippen LogP contribution in [0.15, 0.2) is 41.9 Å². The Bertz CT molecular complexity index is 531. The van der Waals surface area contributed by atoms with E-state index in [1.807, 2.05) is 35.9 Å². The highest BCUT2D eigenvalue weighted by molar-refractivity contribution is 6.30. The van der Waals surface area contributed by atoms with Crippen LogP contribution >= 0.6 is 11.6 Å². The third-order valence-electron chi connectivity index (χ3n) is 2.52. The minimum atomic E-state index is 0.535. The summed E-state index contributed by atoms with van der Waals surface area (Å²) in [5.41, 5.74) is 2.40. The minimum Gasteiger partial charge on any atom is -0.411 e. The van der Waals surface area contributed by atoms with Gasteiger partial charge < -0.3 is 9.77 Å². The zero-order valence-corrected chi connectivity index (χ0v) is 10.1. The molecule has 0 aliphatic carbocycles. The van der Waals surface area contributed by atoms with E-state index >= 15 is 0 Å². The largest absolute Gasteiger partial charge is 0.411 e. The van der Waals surface area contributed by atoms with Crippen LogP contribution in [0.25, 0.3) is 0 Å². The average molecular weight is 250 g/mol. The van der Waals surface area contributed by atoms with Gasteiger partial charge in [-0.1, -0.05) is 28.9 Å². The number of halogens is 1. The van der Waals surface area contributed by atoms with Crippen LogP contribution in [0.4, 0.5) is 0 Å². The maximum absolute atomic E-state index is 9.06. The fourth-order valence-electron chi connectivity index (χ4n) is 1.61. The van der Waals surface area contributed by atoms with Crippen molar-refractivity contribution in [3.05, 3.63) is 53.1 Å². The molecule has 2 rings (SSSR count). The van der Waals surface area contributed by atoms with Gasteiger partial charge in [0.25, 0.3) is 0 Å². The Morgan fingerprint density at radius 3 is 2.65 bits per heavy atom. The highest BCUT2D eigenvalue weighted by Gasteiger charge is 2.09. The van der Waals surface area contributed by atoms with E-state index in [9.17, 15) is 0 Å². The molecule has 4 nitrogen and oxygen atoms in total. The van der Waals surface area contributed by atoms with Crippen LogP contribution < -0.4 is 0 Å². The van der Waals surface area contributed by atoms with Crippen LogP contribution in [-0.2, 0) is 13.5 Å². The molecule has 0 saturated heterocycles. The Kier molecular flexibility index (Phi) is 3.44. The van der Waals surface area contributed by atoms with E-state index < -0.39 is 0 Å². The molecular formula is C12H12ClN3O. The number of hydrogen-bond acceptors (Lipinski definition) is 3. The first-order valence-electron chi connectivity index (χ1n) is 5.13. The third kappa shape index (κ3) is 2.65. The topological polar surface area (TPSA) is 50.4 Å². The van der Waals surface area contributed by atoms with E-state index in [1.54, 1.807) is 12.5 Å². The van der Waals surface area contributed by atoms with Crippen LogP contribution in [0.2, 0.25) is 5.02 Å². The second kappa shape index (κ2) is 5.01. The van der Waals surface area contributed by atoms with E-state index in [2.05, 4.69) is 10.1 Å². The summed E-state index contributed by atoms with van der Waals surface area (Å²) in [6, 6.07) is 7.44. The van der Waals surface area contributed by atoms with Crippen molar-refractivity contribution in [2.45, 2.75) is 6.42 Å². The van der Waals surface area contributed by atoms with Crippen molar-refractivity contribution in [1.82, 2.24) is 9.55 Å². The van der Waals surface area contributed by atoms with E-state index in [0.29, 0.717) is 17.2 Å². The molecule has 0 atom stereocenters. The van der Waals surface area contributed by atoms with Crippen LogP contribution in [0, 0.1) is 0 Å². The Labute approximate surface area is 104 Å². The fourth-order valence-corrected chi connectivity index (χ4v) is 1.73. The Hall–Kier alpha value is -1.81. The van der Waals surface area contributed by atoms with E-state index in [-0.39, 0.29) is 0 Å². The standard InChI is InChI=1S/C12H12ClN3O/c1-16-8-14-7-12(16)11(15-17)6-9-2-4-10(13)5-3-9/h2-5,7-8,17H,6H2,1H3/b15-11+. The van der Waals surface area contributed by atoms with Crippen molar-refractivity contribution in [2.24, 2.45) is 12.2 Å². The predicted octanol–water partition coefficient (Wildman–Crippen LogP) is 2.49. The van der Waals surface area contributed by atoms with Crippen molar-refractivity contribution in [1.29, 1.82) is 0 Å². The van der Waals surface area contributed by atoms with E-state index in [0.717, 1.165) is 11.3 Å². The van der Waals surface area contributed by atoms with Gasteiger partial charge in [0.2, 0.25) is 0 Å². The van der Waals surface area contributed by atoms with Crippen LogP contribution in [0.5, 0.6) is 0 Å². The summed E-state index contributed by atoms with van der Waals surface area (Å²) in [6.45, 7) is 0. The van der Waals surface area contributed by atoms with Gasteiger partial charge >= 0.3 is 0 Å². The minimum absolute atomic E-state index is 0.535. The molecule has 0 spiro atoms. The summed E-state index contributed by atoms with van der Waals surface area (Å²) in [5, 5.41) is 13.1. The lowest BCUT2D eigenvalue weighted by Crippen LogP contribution is -2.10. The molecule has 1 aromatic heterocycles. The molecule has 0 unspecified atom stereocenters. The zero-order chi connectivity index (χ0) is 12.3. The number of hydrogen-bond donors (Lipinski definition) is 1. The number of aryl methyl sites for hydroxylation is 1. The number of benzene rings is 1. The summed E-state index contributed by atoms with van der Waals surface area (Å²) in [5.74, 6) is 0. The fraction of sp³-hybridized carbons (Fsp3) is 0.167. The molecule has 0 aliphatic heterocycles. The summed E-state index contributed by atoms with van der Waals surface area (Å²) >= 11 is 5.81. The lowest BCUT2D eigenvalue weighted by atomic mass is 10.1. The second-order valence-corrected chi connectivity index (χ2v) is 4.18. The van der Waals surface area contributed by atoms with Gasteiger partial charge in [-0.25, -0.2) is 4.98 Å². The molecule has 0 amide bonds. The van der Waals surface area contributed by atoms with Gasteiger partial charge in [-0.2, -0.15) is 0 Å². The second-order valence-electron chi connectivity index (χ2n) is 3.74. The zero-order valence-electron chi connectivity index (χ0n) is 9.34. The summed E-state index contributed by atoms with van der Waals surface area (Å²) in [6.07, 6.45) is 3.88. The van der Waals surface area contributed by atoms with Gasteiger partial charge in [0.05, 0.1) is 18.2 Å². The van der Waals surface area contributed by atoms with Crippen molar-refractivity contribution >= 4 is 17.3 Å². The Morgan fingerprint density at radius 1 is 1.41 bits per heavy atom. The van der Waals surface area contributed by atoms with E-state index in [1.165, 1.54) is 0 Å². The molecular weight excluding hydrogens is 238 g/mol. The SMILES string of the molecule is Cn1cncc1/C(Cc1ccc(Cl)cc1)=N/O. The number of imidazole rings is 1. The molecule has 0 radical (unpaired) electrons. The van der Waals surface area contributed by atoms with Gasteiger partial charge in [0.1, 0.15) is 5.71 Å². The van der Waals surface area contributed by atoms with Gasteiger partial charge in [-0.15, -0.1) is 0 Å². The summed E-state index contributed by atoms with van der Waals surface area (Å²) < 4.78 is 1.81. The molecule has 5 heteroatoms. The first kappa shape index (κ1) is 11.7. The third-order valence-corrected chi connectivity index (χ3v) is 2.77. The maximum atomic E-state index is 9.06. The van der Waals surface area contributed by atoms with Crippen molar-refractivity contribution in [3.63, 3.8) is 0 Å². The van der Waals surface area contributed by atoms with Gasteiger partial charge in [-0.3, -0.25) is 0 Å². The molecule has 1 heterocycles. The van der Waals surface area contributed by atoms with Gasteiger partial charge in [0, 0.05) is 18.5 Å². The van der Waals surface area contributed by atoms with Gasteiger partial charge in [0.15, 0.2) is 0 Å². The number of oxime groups is 1. The highest BCUT2D eigenvalue weighted by Crippen LogP contribution is 2.12. The van der Waals surface area contributed by atoms with E-state index in [4.69, 9.17) is 16.8 Å². The molecule has 88 valence electrons. The molecule has 0 saturated carbocycles. The molecule has 0 bridgehead atoms. The number of nitrogens with zero attached hydrogens (tertiary/aromatic N) is 3. The monoisotopic (exact) mass is 249 g/mol. The average Bonchev–Trinajstić information content (AvgIpc) is 2.75. The van der Waals surface area contributed by atoms with Crippen LogP contribution in [0.3, 0.4) is 0 Å². The first-order valence-corrected chi connectivity index (χ1v) is 5.50. The normalized spacial score (nSPS) is 11.8. The predicted molar refractivity (Wildman–Crippen MR) is 66.7 cm³/mol. The molecule has 1 N–H and O–H groups in total. The quantitative estimate of drug-likeness (QED) is 0.516. The lowest BCUT2D eigenvalue weighted by molar-refractivity contribution is 0.318. The summed E-state index contributed by atoms with van der Waals surface area (Å²) in [7, 11) is 1.86.